The van der Waals surface area contributed by atoms with Gasteiger partial charge in [0.05, 0.1) is 35.2 Å². The smallest absolute Gasteiger partial charge is 0.387 e. The summed E-state index contributed by atoms with van der Waals surface area (Å²) in [6.45, 7) is -2.09. The summed E-state index contributed by atoms with van der Waals surface area (Å²) in [5, 5.41) is 14.1. The number of fused-ring (bicyclic) bond motifs is 1. The molecule has 3 aromatic rings. The van der Waals surface area contributed by atoms with Crippen molar-refractivity contribution in [1.82, 2.24) is 14.8 Å². The highest BCUT2D eigenvalue weighted by Gasteiger charge is 2.28. The third-order valence-corrected chi connectivity index (χ3v) is 4.70. The Morgan fingerprint density at radius 1 is 1.28 bits per heavy atom. The van der Waals surface area contributed by atoms with Gasteiger partial charge in [-0.3, -0.25) is 14.5 Å². The van der Waals surface area contributed by atoms with Crippen LogP contribution in [0.25, 0.3) is 10.9 Å². The van der Waals surface area contributed by atoms with Gasteiger partial charge in [-0.15, -0.1) is 0 Å². The first-order chi connectivity index (χ1) is 14.0. The van der Waals surface area contributed by atoms with Gasteiger partial charge in [-0.05, 0) is 18.2 Å². The van der Waals surface area contributed by atoms with Crippen LogP contribution < -0.4 is 14.5 Å². The van der Waals surface area contributed by atoms with Crippen LogP contribution in [0.2, 0.25) is 0 Å². The Bertz CT molecular complexity index is 1120. The van der Waals surface area contributed by atoms with Gasteiger partial charge in [-0.2, -0.15) is 19.1 Å². The zero-order chi connectivity index (χ0) is 20.5. The summed E-state index contributed by atoms with van der Waals surface area (Å²) >= 11 is 0. The number of carbonyl (C=O) groups is 1. The summed E-state index contributed by atoms with van der Waals surface area (Å²) < 4.78 is 31.3. The van der Waals surface area contributed by atoms with E-state index in [0.717, 1.165) is 0 Å². The molecule has 1 aromatic carbocycles. The van der Waals surface area contributed by atoms with Crippen molar-refractivity contribution in [2.75, 3.05) is 29.4 Å². The topological polar surface area (TPSA) is 87.3 Å². The molecule has 0 saturated carbocycles. The number of anilines is 2. The van der Waals surface area contributed by atoms with E-state index in [4.69, 9.17) is 0 Å². The molecule has 0 N–H and O–H groups in total. The molecular formula is C19H16F2N6O2. The maximum atomic E-state index is 12.8. The molecule has 10 heteroatoms. The van der Waals surface area contributed by atoms with E-state index in [-0.39, 0.29) is 23.8 Å². The predicted octanol–water partition coefficient (Wildman–Crippen LogP) is 2.29. The number of pyridine rings is 1. The Labute approximate surface area is 164 Å². The maximum Gasteiger partial charge on any atom is 0.387 e. The van der Waals surface area contributed by atoms with Gasteiger partial charge in [0.2, 0.25) is 5.91 Å². The lowest BCUT2D eigenvalue weighted by molar-refractivity contribution is -0.117. The Kier molecular flexibility index (Phi) is 4.72. The average molecular weight is 398 g/mol. The molecule has 3 heterocycles. The highest BCUT2D eigenvalue weighted by Crippen LogP contribution is 2.33. The van der Waals surface area contributed by atoms with E-state index in [1.807, 2.05) is 0 Å². The zero-order valence-electron chi connectivity index (χ0n) is 15.4. The molecule has 8 nitrogen and oxygen atoms in total. The van der Waals surface area contributed by atoms with Crippen LogP contribution in [-0.2, 0) is 11.8 Å². The molecule has 1 amide bonds. The van der Waals surface area contributed by atoms with Gasteiger partial charge in [0.15, 0.2) is 0 Å². The van der Waals surface area contributed by atoms with Crippen molar-refractivity contribution in [1.29, 1.82) is 5.26 Å². The molecule has 0 atom stereocenters. The molecule has 0 radical (unpaired) electrons. The number of amides is 1. The molecule has 1 fully saturated rings. The summed E-state index contributed by atoms with van der Waals surface area (Å²) in [4.78, 5) is 20.4. The number of halogens is 2. The number of piperazine rings is 1. The molecule has 0 aliphatic carbocycles. The maximum absolute atomic E-state index is 12.8. The number of aryl methyl sites for hydroxylation is 1. The fourth-order valence-electron chi connectivity index (χ4n) is 3.44. The predicted molar refractivity (Wildman–Crippen MR) is 101 cm³/mol. The van der Waals surface area contributed by atoms with Crippen molar-refractivity contribution in [3.63, 3.8) is 0 Å². The second kappa shape index (κ2) is 7.35. The molecular weight excluding hydrogens is 382 g/mol. The quantitative estimate of drug-likeness (QED) is 0.670. The Morgan fingerprint density at radius 2 is 2.10 bits per heavy atom. The number of alkyl halides is 2. The highest BCUT2D eigenvalue weighted by molar-refractivity contribution is 6.01. The number of nitrogens with zero attached hydrogens (tertiary/aromatic N) is 6. The van der Waals surface area contributed by atoms with Gasteiger partial charge >= 0.3 is 6.61 Å². The van der Waals surface area contributed by atoms with Crippen molar-refractivity contribution < 1.29 is 18.3 Å². The van der Waals surface area contributed by atoms with Crippen LogP contribution in [0, 0.1) is 11.3 Å². The van der Waals surface area contributed by atoms with E-state index in [1.165, 1.54) is 18.3 Å². The molecule has 0 bridgehead atoms. The number of carbonyl (C=O) groups excluding carboxylic acids is 1. The summed E-state index contributed by atoms with van der Waals surface area (Å²) in [7, 11) is 1.77. The van der Waals surface area contributed by atoms with Crippen molar-refractivity contribution in [3.8, 4) is 11.8 Å². The lowest BCUT2D eigenvalue weighted by Gasteiger charge is -2.35. The van der Waals surface area contributed by atoms with E-state index in [0.29, 0.717) is 35.4 Å². The number of aromatic nitrogens is 3. The number of hydrogen-bond donors (Lipinski definition) is 0. The number of nitriles is 1. The summed E-state index contributed by atoms with van der Waals surface area (Å²) in [5.74, 6) is -0.191. The molecule has 0 unspecified atom stereocenters. The third kappa shape index (κ3) is 3.54. The molecule has 1 aliphatic rings. The first-order valence-electron chi connectivity index (χ1n) is 8.78. The zero-order valence-corrected chi connectivity index (χ0v) is 15.4. The monoisotopic (exact) mass is 398 g/mol. The highest BCUT2D eigenvalue weighted by atomic mass is 19.3. The first kappa shape index (κ1) is 18.6. The van der Waals surface area contributed by atoms with Gasteiger partial charge in [0, 0.05) is 37.9 Å². The van der Waals surface area contributed by atoms with Crippen molar-refractivity contribution in [2.45, 2.75) is 6.61 Å². The minimum Gasteiger partial charge on any atom is -0.435 e. The summed E-state index contributed by atoms with van der Waals surface area (Å²) in [6, 6.07) is 6.43. The lowest BCUT2D eigenvalue weighted by Crippen LogP contribution is -2.50. The fourth-order valence-corrected chi connectivity index (χ4v) is 3.44. The van der Waals surface area contributed by atoms with Crippen molar-refractivity contribution in [3.05, 3.63) is 42.4 Å². The van der Waals surface area contributed by atoms with Gasteiger partial charge in [0.1, 0.15) is 11.8 Å². The van der Waals surface area contributed by atoms with E-state index < -0.39 is 6.61 Å². The summed E-state index contributed by atoms with van der Waals surface area (Å²) in [6.07, 6.45) is 4.79. The Balaban J connectivity index is 1.71. The normalized spacial score (nSPS) is 14.5. The van der Waals surface area contributed by atoms with Gasteiger partial charge in [-0.25, -0.2) is 0 Å². The molecule has 148 valence electrons. The molecule has 1 aliphatic heterocycles. The molecule has 1 saturated heterocycles. The first-order valence-corrected chi connectivity index (χ1v) is 8.78. The van der Waals surface area contributed by atoms with E-state index in [2.05, 4.69) is 20.9 Å². The van der Waals surface area contributed by atoms with Gasteiger partial charge < -0.3 is 14.5 Å². The lowest BCUT2D eigenvalue weighted by atomic mass is 10.1. The van der Waals surface area contributed by atoms with Crippen molar-refractivity contribution in [2.24, 2.45) is 7.05 Å². The third-order valence-electron chi connectivity index (χ3n) is 4.70. The van der Waals surface area contributed by atoms with E-state index in [1.54, 1.807) is 40.0 Å². The van der Waals surface area contributed by atoms with E-state index >= 15 is 0 Å². The second-order valence-corrected chi connectivity index (χ2v) is 6.53. The SMILES string of the molecule is Cn1cc(N2CCN(c3c(C#N)cnc4ccc(OC(F)F)cc34)CC2=O)cn1. The fraction of sp³-hybridized carbons (Fsp3) is 0.263. The van der Waals surface area contributed by atoms with E-state index in [9.17, 15) is 18.8 Å². The largest absolute Gasteiger partial charge is 0.435 e. The second-order valence-electron chi connectivity index (χ2n) is 6.53. The molecule has 29 heavy (non-hydrogen) atoms. The van der Waals surface area contributed by atoms with Crippen LogP contribution >= 0.6 is 0 Å². The number of hydrogen-bond acceptors (Lipinski definition) is 6. The number of ether oxygens (including phenoxy) is 1. The van der Waals surface area contributed by atoms with Crippen LogP contribution in [0.3, 0.4) is 0 Å². The van der Waals surface area contributed by atoms with Crippen LogP contribution in [0.5, 0.6) is 5.75 Å². The molecule has 0 spiro atoms. The number of benzene rings is 1. The van der Waals surface area contributed by atoms with Gasteiger partial charge in [0.25, 0.3) is 0 Å². The molecule has 2 aromatic heterocycles. The van der Waals surface area contributed by atoms with Crippen LogP contribution in [0.1, 0.15) is 5.56 Å². The van der Waals surface area contributed by atoms with Crippen LogP contribution in [0.4, 0.5) is 20.2 Å². The minimum absolute atomic E-state index is 0.0304. The standard InChI is InChI=1S/C19H16F2N6O2/c1-25-10-13(9-24-25)27-5-4-26(11-17(27)28)18-12(7-22)8-23-16-3-2-14(6-15(16)18)29-19(20)21/h2-3,6,8-10,19H,4-5,11H2,1H3. The Morgan fingerprint density at radius 3 is 2.76 bits per heavy atom. The average Bonchev–Trinajstić information content (AvgIpc) is 3.12. The van der Waals surface area contributed by atoms with Crippen LogP contribution in [-0.4, -0.2) is 46.9 Å². The minimum atomic E-state index is -2.97. The van der Waals surface area contributed by atoms with Crippen molar-refractivity contribution >= 4 is 28.2 Å². The Hall–Kier alpha value is -3.74. The number of rotatable bonds is 4. The van der Waals surface area contributed by atoms with Crippen LogP contribution in [0.15, 0.2) is 36.8 Å². The van der Waals surface area contributed by atoms with Gasteiger partial charge in [-0.1, -0.05) is 0 Å². The summed E-state index contributed by atoms with van der Waals surface area (Å²) in [5.41, 5.74) is 1.96. The molecule has 4 rings (SSSR count).